The molecule has 0 saturated heterocycles. The number of carbonyl (C=O) groups excluding carboxylic acids is 2. The number of benzene rings is 1. The van der Waals surface area contributed by atoms with Crippen molar-refractivity contribution >= 4 is 29.2 Å². The number of fused-ring (bicyclic) bond motifs is 3. The van der Waals surface area contributed by atoms with Crippen LogP contribution in [0.3, 0.4) is 0 Å². The summed E-state index contributed by atoms with van der Waals surface area (Å²) in [6.07, 6.45) is -0.129. The molecule has 0 saturated carbocycles. The van der Waals surface area contributed by atoms with Crippen molar-refractivity contribution in [2.24, 2.45) is 0 Å². The van der Waals surface area contributed by atoms with Gasteiger partial charge in [-0.2, -0.15) is 5.10 Å². The second kappa shape index (κ2) is 7.86. The van der Waals surface area contributed by atoms with Crippen LogP contribution in [0.1, 0.15) is 28.7 Å². The third kappa shape index (κ3) is 3.62. The molecule has 2 aliphatic heterocycles. The number of aliphatic hydroxyl groups excluding tert-OH is 1. The topological polar surface area (TPSA) is 99.9 Å². The fourth-order valence-electron chi connectivity index (χ4n) is 3.75. The number of amides is 3. The van der Waals surface area contributed by atoms with Crippen molar-refractivity contribution in [2.45, 2.75) is 38.6 Å². The van der Waals surface area contributed by atoms with Gasteiger partial charge in [-0.1, -0.05) is 11.6 Å². The molecule has 1 aromatic heterocycles. The zero-order chi connectivity index (χ0) is 21.6. The molecule has 3 amide bonds. The number of aliphatic hydroxyl groups is 1. The monoisotopic (exact) mass is 437 g/mol. The van der Waals surface area contributed by atoms with Gasteiger partial charge in [0.2, 0.25) is 0 Å². The Bertz CT molecular complexity index is 1010. The molecule has 1 aromatic carbocycles. The van der Waals surface area contributed by atoms with Gasteiger partial charge in [-0.15, -0.1) is 0 Å². The normalized spacial score (nSPS) is 21.2. The summed E-state index contributed by atoms with van der Waals surface area (Å²) in [7, 11) is 1.48. The number of anilines is 1. The number of hydrogen-bond acceptors (Lipinski definition) is 5. The zero-order valence-electron chi connectivity index (χ0n) is 16.4. The minimum atomic E-state index is -0.596. The summed E-state index contributed by atoms with van der Waals surface area (Å²) in [5.41, 5.74) is 2.11. The number of hydroxylamine groups is 2. The van der Waals surface area contributed by atoms with E-state index in [1.54, 1.807) is 9.58 Å². The van der Waals surface area contributed by atoms with E-state index in [9.17, 15) is 19.1 Å². The quantitative estimate of drug-likeness (QED) is 0.748. The Labute approximate surface area is 176 Å². The first-order valence-electron chi connectivity index (χ1n) is 9.45. The van der Waals surface area contributed by atoms with Gasteiger partial charge in [0.15, 0.2) is 0 Å². The van der Waals surface area contributed by atoms with Crippen LogP contribution in [0.5, 0.6) is 0 Å². The van der Waals surface area contributed by atoms with Crippen LogP contribution in [-0.2, 0) is 24.3 Å². The molecule has 0 aliphatic carbocycles. The zero-order valence-corrected chi connectivity index (χ0v) is 17.2. The summed E-state index contributed by atoms with van der Waals surface area (Å²) in [6, 6.07) is 3.38. The van der Waals surface area contributed by atoms with Gasteiger partial charge in [-0.3, -0.25) is 14.3 Å². The summed E-state index contributed by atoms with van der Waals surface area (Å²) in [4.78, 5) is 32.7. The number of urea groups is 1. The van der Waals surface area contributed by atoms with E-state index < -0.39 is 18.0 Å². The highest BCUT2D eigenvalue weighted by Gasteiger charge is 2.37. The summed E-state index contributed by atoms with van der Waals surface area (Å²) < 4.78 is 14.9. The number of aromatic nitrogens is 2. The SMILES string of the molecule is C[C@@H]1Cc2nn3c(c2CN1C(=O)Nc1ccc(F)c(Cl)c1)C(=O)N(C)O[C@H](CO)C3. The van der Waals surface area contributed by atoms with E-state index in [0.717, 1.165) is 10.8 Å². The van der Waals surface area contributed by atoms with E-state index in [1.807, 2.05) is 6.92 Å². The smallest absolute Gasteiger partial charge is 0.322 e. The summed E-state index contributed by atoms with van der Waals surface area (Å²) >= 11 is 5.79. The number of rotatable bonds is 2. The predicted molar refractivity (Wildman–Crippen MR) is 105 cm³/mol. The third-order valence-electron chi connectivity index (χ3n) is 5.29. The number of hydrogen-bond donors (Lipinski definition) is 2. The van der Waals surface area contributed by atoms with Gasteiger partial charge in [0.1, 0.15) is 17.6 Å². The van der Waals surface area contributed by atoms with Crippen molar-refractivity contribution in [3.63, 3.8) is 0 Å². The van der Waals surface area contributed by atoms with Crippen molar-refractivity contribution in [1.82, 2.24) is 19.7 Å². The lowest BCUT2D eigenvalue weighted by Crippen LogP contribution is -2.45. The number of carbonyl (C=O) groups is 2. The molecule has 2 aliphatic rings. The lowest BCUT2D eigenvalue weighted by atomic mass is 9.99. The van der Waals surface area contributed by atoms with Crippen LogP contribution in [0, 0.1) is 5.82 Å². The third-order valence-corrected chi connectivity index (χ3v) is 5.58. The van der Waals surface area contributed by atoms with E-state index in [1.165, 1.54) is 25.2 Å². The minimum Gasteiger partial charge on any atom is -0.393 e. The van der Waals surface area contributed by atoms with Gasteiger partial charge in [0.05, 0.1) is 30.4 Å². The maximum Gasteiger partial charge on any atom is 0.322 e. The lowest BCUT2D eigenvalue weighted by Gasteiger charge is -2.33. The standard InChI is InChI=1S/C19H21ClFN5O4/c1-10-5-16-13(17-18(28)24(2)30-12(9-27)7-26(17)23-16)8-25(10)19(29)22-11-3-4-15(21)14(20)6-11/h3-4,6,10,12,27H,5,7-9H2,1-2H3,(H,22,29)/t10-,12+/m1/s1. The Kier molecular flexibility index (Phi) is 5.39. The first kappa shape index (κ1) is 20.6. The van der Waals surface area contributed by atoms with Gasteiger partial charge < -0.3 is 15.3 Å². The molecule has 0 spiro atoms. The van der Waals surface area contributed by atoms with Crippen LogP contribution in [-0.4, -0.2) is 62.6 Å². The molecule has 30 heavy (non-hydrogen) atoms. The van der Waals surface area contributed by atoms with Crippen molar-refractivity contribution in [1.29, 1.82) is 0 Å². The number of nitrogens with zero attached hydrogens (tertiary/aromatic N) is 4. The molecule has 0 unspecified atom stereocenters. The molecular weight excluding hydrogens is 417 g/mol. The van der Waals surface area contributed by atoms with E-state index in [4.69, 9.17) is 16.4 Å². The average Bonchev–Trinajstić information content (AvgIpc) is 2.99. The Hall–Kier alpha value is -2.69. The van der Waals surface area contributed by atoms with E-state index in [0.29, 0.717) is 23.4 Å². The fraction of sp³-hybridized carbons (Fsp3) is 0.421. The highest BCUT2D eigenvalue weighted by molar-refractivity contribution is 6.31. The summed E-state index contributed by atoms with van der Waals surface area (Å²) in [5.74, 6) is -0.959. The Morgan fingerprint density at radius 2 is 2.23 bits per heavy atom. The average molecular weight is 438 g/mol. The Morgan fingerprint density at radius 1 is 1.47 bits per heavy atom. The van der Waals surface area contributed by atoms with Crippen LogP contribution in [0.2, 0.25) is 5.02 Å². The second-order valence-corrected chi connectivity index (χ2v) is 7.82. The van der Waals surface area contributed by atoms with Gasteiger partial charge >= 0.3 is 6.03 Å². The van der Waals surface area contributed by atoms with Crippen LogP contribution < -0.4 is 5.32 Å². The van der Waals surface area contributed by atoms with Crippen LogP contribution >= 0.6 is 11.6 Å². The van der Waals surface area contributed by atoms with Gasteiger partial charge in [0, 0.05) is 30.8 Å². The van der Waals surface area contributed by atoms with Gasteiger partial charge in [-0.05, 0) is 25.1 Å². The maximum atomic E-state index is 13.4. The molecule has 0 fully saturated rings. The summed E-state index contributed by atoms with van der Waals surface area (Å²) in [5, 5.41) is 17.7. The molecule has 2 aromatic rings. The minimum absolute atomic E-state index is 0.0872. The van der Waals surface area contributed by atoms with Crippen LogP contribution in [0.25, 0.3) is 0 Å². The van der Waals surface area contributed by atoms with Crippen LogP contribution in [0.4, 0.5) is 14.9 Å². The molecule has 4 rings (SSSR count). The van der Waals surface area contributed by atoms with Crippen LogP contribution in [0.15, 0.2) is 18.2 Å². The van der Waals surface area contributed by atoms with E-state index in [-0.39, 0.29) is 36.7 Å². The molecule has 9 nitrogen and oxygen atoms in total. The van der Waals surface area contributed by atoms with Crippen molar-refractivity contribution in [3.05, 3.63) is 46.0 Å². The first-order valence-corrected chi connectivity index (χ1v) is 9.83. The van der Waals surface area contributed by atoms with Crippen molar-refractivity contribution < 1.29 is 23.9 Å². The second-order valence-electron chi connectivity index (χ2n) is 7.41. The van der Waals surface area contributed by atoms with E-state index in [2.05, 4.69) is 10.4 Å². The van der Waals surface area contributed by atoms with E-state index >= 15 is 0 Å². The van der Waals surface area contributed by atoms with Gasteiger partial charge in [-0.25, -0.2) is 14.2 Å². The maximum absolute atomic E-state index is 13.4. The molecule has 3 heterocycles. The molecule has 0 radical (unpaired) electrons. The number of nitrogens with one attached hydrogen (secondary N) is 1. The molecule has 0 bridgehead atoms. The largest absolute Gasteiger partial charge is 0.393 e. The highest BCUT2D eigenvalue weighted by Crippen LogP contribution is 2.29. The molecule has 2 N–H and O–H groups in total. The Morgan fingerprint density at radius 3 is 2.93 bits per heavy atom. The predicted octanol–water partition coefficient (Wildman–Crippen LogP) is 2.03. The number of halogens is 2. The molecule has 160 valence electrons. The van der Waals surface area contributed by atoms with Crippen molar-refractivity contribution in [3.8, 4) is 0 Å². The molecule has 2 atom stereocenters. The first-order chi connectivity index (χ1) is 14.3. The van der Waals surface area contributed by atoms with Gasteiger partial charge in [0.25, 0.3) is 5.91 Å². The summed E-state index contributed by atoms with van der Waals surface area (Å²) in [6.45, 7) is 2.03. The molecule has 11 heteroatoms. The fourth-order valence-corrected chi connectivity index (χ4v) is 3.93. The van der Waals surface area contributed by atoms with Crippen molar-refractivity contribution in [2.75, 3.05) is 19.0 Å². The highest BCUT2D eigenvalue weighted by atomic mass is 35.5. The molecular formula is C19H21ClFN5O4. The Balaban J connectivity index is 1.61. The lowest BCUT2D eigenvalue weighted by molar-refractivity contribution is -0.159.